The molecule has 64 valence electrons. The van der Waals surface area contributed by atoms with E-state index in [0.717, 1.165) is 10.9 Å². The summed E-state index contributed by atoms with van der Waals surface area (Å²) in [7, 11) is 0. The van der Waals surface area contributed by atoms with Gasteiger partial charge in [0.1, 0.15) is 0 Å². The number of nitrogens with two attached hydrogens (primary N) is 1. The number of hydrogen-bond acceptors (Lipinski definition) is 1. The van der Waals surface area contributed by atoms with Gasteiger partial charge in [-0.15, -0.1) is 6.58 Å². The van der Waals surface area contributed by atoms with Crippen LogP contribution in [-0.2, 0) is 6.42 Å². The normalized spacial score (nSPS) is 12.5. The first-order valence-corrected chi connectivity index (χ1v) is 4.65. The molecule has 0 saturated carbocycles. The first-order chi connectivity index (χ1) is 5.74. The van der Waals surface area contributed by atoms with Gasteiger partial charge in [-0.2, -0.15) is 0 Å². The van der Waals surface area contributed by atoms with Crippen LogP contribution in [0.5, 0.6) is 0 Å². The molecule has 0 fully saturated rings. The van der Waals surface area contributed by atoms with Crippen LogP contribution in [0.1, 0.15) is 5.56 Å². The third-order valence-electron chi connectivity index (χ3n) is 1.72. The minimum absolute atomic E-state index is 0.0451. The highest BCUT2D eigenvalue weighted by Crippen LogP contribution is 2.16. The Kier molecular flexibility index (Phi) is 3.50. The van der Waals surface area contributed by atoms with E-state index in [1.54, 1.807) is 6.08 Å². The van der Waals surface area contributed by atoms with E-state index >= 15 is 0 Å². The molecule has 12 heavy (non-hydrogen) atoms. The number of halogens is 1. The Balaban J connectivity index is 2.75. The van der Waals surface area contributed by atoms with E-state index in [-0.39, 0.29) is 6.04 Å². The fourth-order valence-corrected chi connectivity index (χ4v) is 1.45. The van der Waals surface area contributed by atoms with Gasteiger partial charge in [-0.1, -0.05) is 40.2 Å². The van der Waals surface area contributed by atoms with Crippen LogP contribution >= 0.6 is 15.9 Å². The molecule has 0 radical (unpaired) electrons. The quantitative estimate of drug-likeness (QED) is 0.787. The summed E-state index contributed by atoms with van der Waals surface area (Å²) in [5, 5.41) is 0. The van der Waals surface area contributed by atoms with Crippen LogP contribution in [0.15, 0.2) is 41.4 Å². The monoisotopic (exact) mass is 225 g/mol. The predicted octanol–water partition coefficient (Wildman–Crippen LogP) is 2.50. The Morgan fingerprint density at radius 3 is 2.75 bits per heavy atom. The fraction of sp³-hybridized carbons (Fsp3) is 0.200. The Morgan fingerprint density at radius 1 is 1.50 bits per heavy atom. The van der Waals surface area contributed by atoms with Crippen LogP contribution in [0.3, 0.4) is 0 Å². The highest BCUT2D eigenvalue weighted by Gasteiger charge is 2.01. The van der Waals surface area contributed by atoms with Gasteiger partial charge in [0.15, 0.2) is 0 Å². The highest BCUT2D eigenvalue weighted by atomic mass is 79.9. The summed E-state index contributed by atoms with van der Waals surface area (Å²) in [5.41, 5.74) is 6.96. The van der Waals surface area contributed by atoms with Crippen molar-refractivity contribution in [2.24, 2.45) is 5.73 Å². The Labute approximate surface area is 81.4 Å². The molecule has 1 atom stereocenters. The molecule has 0 spiro atoms. The maximum atomic E-state index is 5.73. The van der Waals surface area contributed by atoms with E-state index in [0.29, 0.717) is 0 Å². The highest BCUT2D eigenvalue weighted by molar-refractivity contribution is 9.10. The molecule has 1 nitrogen and oxygen atoms in total. The number of rotatable bonds is 3. The second-order valence-corrected chi connectivity index (χ2v) is 3.55. The summed E-state index contributed by atoms with van der Waals surface area (Å²) in [6.45, 7) is 3.65. The second kappa shape index (κ2) is 4.43. The molecule has 0 aromatic heterocycles. The second-order valence-electron chi connectivity index (χ2n) is 2.70. The van der Waals surface area contributed by atoms with Crippen LogP contribution in [0.25, 0.3) is 0 Å². The van der Waals surface area contributed by atoms with Crippen molar-refractivity contribution in [3.05, 3.63) is 47.0 Å². The van der Waals surface area contributed by atoms with E-state index < -0.39 is 0 Å². The lowest BCUT2D eigenvalue weighted by molar-refractivity contribution is 0.809. The predicted molar refractivity (Wildman–Crippen MR) is 56.0 cm³/mol. The van der Waals surface area contributed by atoms with Gasteiger partial charge in [0.2, 0.25) is 0 Å². The molecule has 0 saturated heterocycles. The molecular weight excluding hydrogens is 214 g/mol. The van der Waals surface area contributed by atoms with Gasteiger partial charge in [-0.3, -0.25) is 0 Å². The number of benzene rings is 1. The van der Waals surface area contributed by atoms with Crippen molar-refractivity contribution in [1.29, 1.82) is 0 Å². The smallest absolute Gasteiger partial charge is 0.0262 e. The average molecular weight is 226 g/mol. The standard InChI is InChI=1S/C10H12BrN/c1-2-9(12)7-8-5-3-4-6-10(8)11/h2-6,9H,1,7,12H2. The SMILES string of the molecule is C=CC(N)Cc1ccccc1Br. The third-order valence-corrected chi connectivity index (χ3v) is 2.49. The molecule has 0 aliphatic rings. The molecule has 2 N–H and O–H groups in total. The van der Waals surface area contributed by atoms with E-state index in [9.17, 15) is 0 Å². The molecule has 0 aliphatic carbocycles. The maximum absolute atomic E-state index is 5.73. The largest absolute Gasteiger partial charge is 0.324 e. The first-order valence-electron chi connectivity index (χ1n) is 3.85. The van der Waals surface area contributed by atoms with Crippen LogP contribution in [0.2, 0.25) is 0 Å². The van der Waals surface area contributed by atoms with Gasteiger partial charge >= 0.3 is 0 Å². The summed E-state index contributed by atoms with van der Waals surface area (Å²) in [4.78, 5) is 0. The topological polar surface area (TPSA) is 26.0 Å². The summed E-state index contributed by atoms with van der Waals surface area (Å²) < 4.78 is 1.11. The third kappa shape index (κ3) is 2.47. The van der Waals surface area contributed by atoms with E-state index in [2.05, 4.69) is 28.6 Å². The van der Waals surface area contributed by atoms with Crippen molar-refractivity contribution in [2.75, 3.05) is 0 Å². The van der Waals surface area contributed by atoms with Gasteiger partial charge in [0, 0.05) is 10.5 Å². The van der Waals surface area contributed by atoms with Crippen LogP contribution in [0, 0.1) is 0 Å². The van der Waals surface area contributed by atoms with E-state index in [1.807, 2.05) is 18.2 Å². The lowest BCUT2D eigenvalue weighted by Crippen LogP contribution is -2.19. The van der Waals surface area contributed by atoms with Crippen molar-refractivity contribution in [3.63, 3.8) is 0 Å². The molecular formula is C10H12BrN. The van der Waals surface area contributed by atoms with Gasteiger partial charge < -0.3 is 5.73 Å². The van der Waals surface area contributed by atoms with Crippen molar-refractivity contribution < 1.29 is 0 Å². The Morgan fingerprint density at radius 2 is 2.17 bits per heavy atom. The zero-order valence-electron chi connectivity index (χ0n) is 6.83. The summed E-state index contributed by atoms with van der Waals surface area (Å²) in [5.74, 6) is 0. The fourth-order valence-electron chi connectivity index (χ4n) is 1.00. The van der Waals surface area contributed by atoms with E-state index in [1.165, 1.54) is 5.56 Å². The molecule has 0 heterocycles. The molecule has 0 amide bonds. The van der Waals surface area contributed by atoms with Crippen molar-refractivity contribution >= 4 is 15.9 Å². The van der Waals surface area contributed by atoms with Crippen molar-refractivity contribution in [3.8, 4) is 0 Å². The van der Waals surface area contributed by atoms with E-state index in [4.69, 9.17) is 5.73 Å². The molecule has 2 heteroatoms. The van der Waals surface area contributed by atoms with Gasteiger partial charge in [0.05, 0.1) is 0 Å². The van der Waals surface area contributed by atoms with Crippen LogP contribution in [0.4, 0.5) is 0 Å². The lowest BCUT2D eigenvalue weighted by Gasteiger charge is -2.07. The van der Waals surface area contributed by atoms with Gasteiger partial charge in [-0.25, -0.2) is 0 Å². The lowest BCUT2D eigenvalue weighted by atomic mass is 10.1. The minimum atomic E-state index is 0.0451. The zero-order valence-corrected chi connectivity index (χ0v) is 8.42. The molecule has 0 bridgehead atoms. The molecule has 0 aliphatic heterocycles. The summed E-state index contributed by atoms with van der Waals surface area (Å²) in [6.07, 6.45) is 2.60. The maximum Gasteiger partial charge on any atom is 0.0262 e. The van der Waals surface area contributed by atoms with Gasteiger partial charge in [0.25, 0.3) is 0 Å². The minimum Gasteiger partial charge on any atom is -0.324 e. The molecule has 1 unspecified atom stereocenters. The van der Waals surface area contributed by atoms with Crippen LogP contribution in [-0.4, -0.2) is 6.04 Å². The Hall–Kier alpha value is -0.600. The van der Waals surface area contributed by atoms with Crippen molar-refractivity contribution in [2.45, 2.75) is 12.5 Å². The van der Waals surface area contributed by atoms with Crippen LogP contribution < -0.4 is 5.73 Å². The first kappa shape index (κ1) is 9.49. The van der Waals surface area contributed by atoms with Gasteiger partial charge in [-0.05, 0) is 18.1 Å². The molecule has 1 aromatic rings. The summed E-state index contributed by atoms with van der Waals surface area (Å²) >= 11 is 3.46. The zero-order chi connectivity index (χ0) is 8.97. The molecule has 1 rings (SSSR count). The average Bonchev–Trinajstić information content (AvgIpc) is 2.09. The number of hydrogen-bond donors (Lipinski definition) is 1. The molecule has 1 aromatic carbocycles. The van der Waals surface area contributed by atoms with Crippen molar-refractivity contribution in [1.82, 2.24) is 0 Å². The summed E-state index contributed by atoms with van der Waals surface area (Å²) in [6, 6.07) is 8.13. The Bertz CT molecular complexity index is 270.